The summed E-state index contributed by atoms with van der Waals surface area (Å²) in [4.78, 5) is 12.3. The van der Waals surface area contributed by atoms with E-state index in [2.05, 4.69) is 17.3 Å². The van der Waals surface area contributed by atoms with Crippen molar-refractivity contribution in [1.82, 2.24) is 5.16 Å². The minimum atomic E-state index is -0.326. The summed E-state index contributed by atoms with van der Waals surface area (Å²) in [7, 11) is 3.15. The third kappa shape index (κ3) is 4.98. The number of benzene rings is 3. The predicted molar refractivity (Wildman–Crippen MR) is 120 cm³/mol. The van der Waals surface area contributed by atoms with E-state index < -0.39 is 0 Å². The molecule has 0 amide bonds. The number of carbonyl (C=O) groups is 1. The van der Waals surface area contributed by atoms with E-state index in [1.54, 1.807) is 32.4 Å². The molecule has 162 valence electrons. The van der Waals surface area contributed by atoms with Crippen molar-refractivity contribution in [1.29, 1.82) is 0 Å². The number of nitrogens with zero attached hydrogens (tertiary/aromatic N) is 1. The highest BCUT2D eigenvalue weighted by molar-refractivity contribution is 5.73. The van der Waals surface area contributed by atoms with Gasteiger partial charge in [0.15, 0.2) is 17.3 Å². The van der Waals surface area contributed by atoms with Crippen molar-refractivity contribution in [2.24, 2.45) is 0 Å². The Balaban J connectivity index is 1.33. The minimum Gasteiger partial charge on any atom is -0.493 e. The Kier molecular flexibility index (Phi) is 6.51. The Hall–Kier alpha value is -4.06. The van der Waals surface area contributed by atoms with E-state index in [9.17, 15) is 4.79 Å². The Morgan fingerprint density at radius 3 is 2.22 bits per heavy atom. The zero-order chi connectivity index (χ0) is 22.3. The molecule has 0 unspecified atom stereocenters. The lowest BCUT2D eigenvalue weighted by Gasteiger charge is -2.07. The minimum absolute atomic E-state index is 0.0394. The van der Waals surface area contributed by atoms with Crippen LogP contribution < -0.4 is 9.47 Å². The summed E-state index contributed by atoms with van der Waals surface area (Å²) >= 11 is 0. The maximum absolute atomic E-state index is 12.3. The van der Waals surface area contributed by atoms with E-state index >= 15 is 0 Å². The maximum Gasteiger partial charge on any atom is 0.310 e. The lowest BCUT2D eigenvalue weighted by molar-refractivity contribution is -0.144. The number of rotatable bonds is 8. The van der Waals surface area contributed by atoms with Crippen LogP contribution in [0.3, 0.4) is 0 Å². The van der Waals surface area contributed by atoms with Gasteiger partial charge in [-0.2, -0.15) is 0 Å². The molecule has 4 aromatic rings. The first-order valence-corrected chi connectivity index (χ1v) is 10.1. The van der Waals surface area contributed by atoms with Crippen molar-refractivity contribution >= 4 is 5.97 Å². The van der Waals surface area contributed by atoms with E-state index in [1.165, 1.54) is 0 Å². The van der Waals surface area contributed by atoms with Crippen LogP contribution in [0, 0.1) is 0 Å². The quantitative estimate of drug-likeness (QED) is 0.354. The van der Waals surface area contributed by atoms with Crippen LogP contribution >= 0.6 is 0 Å². The third-order valence-corrected chi connectivity index (χ3v) is 5.02. The van der Waals surface area contributed by atoms with E-state index in [-0.39, 0.29) is 19.0 Å². The molecular formula is C26H23NO5. The number of methoxy groups -OCH3 is 2. The Morgan fingerprint density at radius 1 is 0.812 bits per heavy atom. The van der Waals surface area contributed by atoms with Gasteiger partial charge in [-0.1, -0.05) is 59.8 Å². The number of carbonyl (C=O) groups excluding carboxylic acids is 1. The largest absolute Gasteiger partial charge is 0.493 e. The van der Waals surface area contributed by atoms with Crippen LogP contribution in [0.5, 0.6) is 11.5 Å². The maximum atomic E-state index is 12.3. The monoisotopic (exact) mass is 429 g/mol. The molecule has 0 N–H and O–H groups in total. The fraction of sp³-hybridized carbons (Fsp3) is 0.154. The first kappa shape index (κ1) is 21.2. The van der Waals surface area contributed by atoms with E-state index in [0.29, 0.717) is 23.0 Å². The molecule has 1 aromatic heterocycles. The highest BCUT2D eigenvalue weighted by atomic mass is 16.5. The molecule has 0 aliphatic rings. The normalized spacial score (nSPS) is 10.6. The molecule has 3 aromatic carbocycles. The van der Waals surface area contributed by atoms with Gasteiger partial charge in [-0.3, -0.25) is 4.79 Å². The molecule has 0 atom stereocenters. The van der Waals surface area contributed by atoms with Gasteiger partial charge < -0.3 is 18.7 Å². The van der Waals surface area contributed by atoms with Crippen molar-refractivity contribution in [2.75, 3.05) is 14.2 Å². The van der Waals surface area contributed by atoms with Gasteiger partial charge in [-0.15, -0.1) is 0 Å². The Labute approximate surface area is 186 Å². The zero-order valence-electron chi connectivity index (χ0n) is 17.9. The number of hydrogen-bond acceptors (Lipinski definition) is 6. The molecule has 0 bridgehead atoms. The molecule has 0 saturated heterocycles. The van der Waals surface area contributed by atoms with E-state index in [4.69, 9.17) is 18.7 Å². The standard InChI is InChI=1S/C26H23NO5/c1-29-23-13-12-21(15-25(23)30-2)24-16-22(27-32-24)17-31-26(28)14-18-8-10-20(11-9-18)19-6-4-3-5-7-19/h3-13,15-16H,14,17H2,1-2H3. The summed E-state index contributed by atoms with van der Waals surface area (Å²) in [5.74, 6) is 1.44. The molecule has 0 fully saturated rings. The molecule has 0 aliphatic carbocycles. The summed E-state index contributed by atoms with van der Waals surface area (Å²) in [5.41, 5.74) is 4.44. The van der Waals surface area contributed by atoms with Crippen molar-refractivity contribution in [3.05, 3.63) is 90.1 Å². The van der Waals surface area contributed by atoms with Gasteiger partial charge in [0.2, 0.25) is 0 Å². The van der Waals surface area contributed by atoms with E-state index in [1.807, 2.05) is 48.5 Å². The number of ether oxygens (including phenoxy) is 3. The molecule has 0 aliphatic heterocycles. The highest BCUT2D eigenvalue weighted by Crippen LogP contribution is 2.32. The summed E-state index contributed by atoms with van der Waals surface area (Å²) in [6.45, 7) is 0.0394. The fourth-order valence-corrected chi connectivity index (χ4v) is 3.32. The summed E-state index contributed by atoms with van der Waals surface area (Å²) < 4.78 is 21.3. The lowest BCUT2D eigenvalue weighted by Crippen LogP contribution is -2.08. The molecule has 6 nitrogen and oxygen atoms in total. The average molecular weight is 429 g/mol. The molecule has 4 rings (SSSR count). The van der Waals surface area contributed by atoms with E-state index in [0.717, 1.165) is 22.3 Å². The first-order chi connectivity index (χ1) is 15.7. The summed E-state index contributed by atoms with van der Waals surface area (Å²) in [6, 6.07) is 25.2. The van der Waals surface area contributed by atoms with Crippen LogP contribution in [0.25, 0.3) is 22.5 Å². The second-order valence-electron chi connectivity index (χ2n) is 7.15. The predicted octanol–water partition coefficient (Wildman–Crippen LogP) is 5.31. The second kappa shape index (κ2) is 9.83. The lowest BCUT2D eigenvalue weighted by atomic mass is 10.0. The smallest absolute Gasteiger partial charge is 0.310 e. The molecular weight excluding hydrogens is 406 g/mol. The van der Waals surface area contributed by atoms with Crippen molar-refractivity contribution < 1.29 is 23.5 Å². The molecule has 0 radical (unpaired) electrons. The van der Waals surface area contributed by atoms with Gasteiger partial charge in [0.25, 0.3) is 0 Å². The van der Waals surface area contributed by atoms with Crippen LogP contribution in [0.4, 0.5) is 0 Å². The fourth-order valence-electron chi connectivity index (χ4n) is 3.32. The molecule has 6 heteroatoms. The number of esters is 1. The van der Waals surface area contributed by atoms with Crippen molar-refractivity contribution in [3.63, 3.8) is 0 Å². The van der Waals surface area contributed by atoms with Crippen LogP contribution in [0.2, 0.25) is 0 Å². The van der Waals surface area contributed by atoms with Crippen LogP contribution in [-0.4, -0.2) is 25.3 Å². The molecule has 32 heavy (non-hydrogen) atoms. The second-order valence-corrected chi connectivity index (χ2v) is 7.15. The van der Waals surface area contributed by atoms with Gasteiger partial charge >= 0.3 is 5.97 Å². The first-order valence-electron chi connectivity index (χ1n) is 10.1. The SMILES string of the molecule is COc1ccc(-c2cc(COC(=O)Cc3ccc(-c4ccccc4)cc3)no2)cc1OC. The topological polar surface area (TPSA) is 70.8 Å². The molecule has 0 saturated carbocycles. The van der Waals surface area contributed by atoms with Crippen LogP contribution in [0.15, 0.2) is 83.4 Å². The highest BCUT2D eigenvalue weighted by Gasteiger charge is 2.13. The summed E-state index contributed by atoms with van der Waals surface area (Å²) in [6.07, 6.45) is 0.190. The van der Waals surface area contributed by atoms with Crippen LogP contribution in [-0.2, 0) is 22.6 Å². The molecule has 0 spiro atoms. The zero-order valence-corrected chi connectivity index (χ0v) is 17.9. The summed E-state index contributed by atoms with van der Waals surface area (Å²) in [5, 5.41) is 3.99. The number of aromatic nitrogens is 1. The van der Waals surface area contributed by atoms with Gasteiger partial charge in [0.1, 0.15) is 12.3 Å². The number of hydrogen-bond donors (Lipinski definition) is 0. The van der Waals surface area contributed by atoms with Gasteiger partial charge in [0, 0.05) is 11.6 Å². The third-order valence-electron chi connectivity index (χ3n) is 5.02. The van der Waals surface area contributed by atoms with Gasteiger partial charge in [0.05, 0.1) is 20.6 Å². The van der Waals surface area contributed by atoms with Crippen molar-refractivity contribution in [3.8, 4) is 33.9 Å². The van der Waals surface area contributed by atoms with Gasteiger partial charge in [-0.25, -0.2) is 0 Å². The Bertz CT molecular complexity index is 1180. The van der Waals surface area contributed by atoms with Crippen LogP contribution in [0.1, 0.15) is 11.3 Å². The molecule has 1 heterocycles. The van der Waals surface area contributed by atoms with Crippen molar-refractivity contribution in [2.45, 2.75) is 13.0 Å². The average Bonchev–Trinajstić information content (AvgIpc) is 3.32. The van der Waals surface area contributed by atoms with Gasteiger partial charge in [-0.05, 0) is 34.9 Å². The Morgan fingerprint density at radius 2 is 1.50 bits per heavy atom.